The van der Waals surface area contributed by atoms with Crippen LogP contribution in [0.15, 0.2) is 30.5 Å². The summed E-state index contributed by atoms with van der Waals surface area (Å²) in [5.74, 6) is 0.665. The van der Waals surface area contributed by atoms with Crippen LogP contribution in [0.25, 0.3) is 0 Å². The molecule has 1 aromatic heterocycles. The van der Waals surface area contributed by atoms with Crippen LogP contribution in [0.4, 0.5) is 11.6 Å². The molecule has 0 aliphatic heterocycles. The van der Waals surface area contributed by atoms with Crippen molar-refractivity contribution in [1.29, 1.82) is 0 Å². The second-order valence-electron chi connectivity index (χ2n) is 4.50. The summed E-state index contributed by atoms with van der Waals surface area (Å²) in [5.41, 5.74) is 3.44. The second kappa shape index (κ2) is 4.94. The molecule has 92 valence electrons. The predicted octanol–water partition coefficient (Wildman–Crippen LogP) is 3.75. The molecule has 0 radical (unpaired) electrons. The van der Waals surface area contributed by atoms with Crippen LogP contribution in [0.1, 0.15) is 24.1 Å². The Balaban J connectivity index is 1.82. The van der Waals surface area contributed by atoms with Gasteiger partial charge in [0.2, 0.25) is 5.95 Å². The highest BCUT2D eigenvalue weighted by Crippen LogP contribution is 2.21. The molecule has 0 amide bonds. The van der Waals surface area contributed by atoms with Crippen molar-refractivity contribution in [2.24, 2.45) is 0 Å². The molecule has 1 aromatic carbocycles. The van der Waals surface area contributed by atoms with E-state index in [1.165, 1.54) is 24.1 Å². The number of hydrogen-bond donors (Lipinski definition) is 1. The Morgan fingerprint density at radius 2 is 1.83 bits per heavy atom. The summed E-state index contributed by atoms with van der Waals surface area (Å²) in [6.07, 6.45) is 6.59. The average Bonchev–Trinajstić information content (AvgIpc) is 2.41. The number of aromatic nitrogens is 2. The van der Waals surface area contributed by atoms with Gasteiger partial charge in [0.1, 0.15) is 0 Å². The van der Waals surface area contributed by atoms with Crippen LogP contribution in [-0.2, 0) is 12.8 Å². The molecule has 0 unspecified atom stereocenters. The summed E-state index contributed by atoms with van der Waals surface area (Å²) in [6, 6.07) is 7.54. The zero-order valence-electron chi connectivity index (χ0n) is 9.99. The van der Waals surface area contributed by atoms with E-state index in [-0.39, 0.29) is 0 Å². The van der Waals surface area contributed by atoms with Crippen LogP contribution in [0.2, 0.25) is 5.02 Å². The molecule has 0 fully saturated rings. The highest BCUT2D eigenvalue weighted by atomic mass is 35.5. The molecule has 1 N–H and O–H groups in total. The normalized spacial score (nSPS) is 14.1. The lowest BCUT2D eigenvalue weighted by Crippen LogP contribution is -2.08. The molecule has 0 bridgehead atoms. The third-order valence-corrected chi connectivity index (χ3v) is 3.42. The van der Waals surface area contributed by atoms with Crippen molar-refractivity contribution in [2.45, 2.75) is 25.7 Å². The summed E-state index contributed by atoms with van der Waals surface area (Å²) in [5, 5.41) is 3.93. The van der Waals surface area contributed by atoms with E-state index >= 15 is 0 Å². The fourth-order valence-corrected chi connectivity index (χ4v) is 2.32. The van der Waals surface area contributed by atoms with Crippen LogP contribution in [0.5, 0.6) is 0 Å². The largest absolute Gasteiger partial charge is 0.324 e. The number of rotatable bonds is 2. The van der Waals surface area contributed by atoms with Crippen molar-refractivity contribution in [3.63, 3.8) is 0 Å². The minimum atomic E-state index is 0.665. The standard InChI is InChI=1S/C14H14ClN3/c15-11-5-7-12(8-6-11)17-14-16-9-10-3-1-2-4-13(10)18-14/h5-9H,1-4H2,(H,16,17,18). The van der Waals surface area contributed by atoms with Crippen molar-refractivity contribution >= 4 is 23.2 Å². The maximum Gasteiger partial charge on any atom is 0.227 e. The number of nitrogens with zero attached hydrogens (tertiary/aromatic N) is 2. The molecule has 1 aliphatic carbocycles. The van der Waals surface area contributed by atoms with Crippen molar-refractivity contribution in [2.75, 3.05) is 5.32 Å². The zero-order valence-corrected chi connectivity index (χ0v) is 10.7. The lowest BCUT2D eigenvalue weighted by Gasteiger charge is -2.15. The zero-order chi connectivity index (χ0) is 12.4. The highest BCUT2D eigenvalue weighted by Gasteiger charge is 2.11. The van der Waals surface area contributed by atoms with Gasteiger partial charge in [-0.3, -0.25) is 0 Å². The maximum atomic E-state index is 5.85. The number of fused-ring (bicyclic) bond motifs is 1. The van der Waals surface area contributed by atoms with E-state index in [4.69, 9.17) is 11.6 Å². The van der Waals surface area contributed by atoms with E-state index in [9.17, 15) is 0 Å². The summed E-state index contributed by atoms with van der Waals surface area (Å²) in [7, 11) is 0. The predicted molar refractivity (Wildman–Crippen MR) is 73.4 cm³/mol. The first kappa shape index (κ1) is 11.5. The highest BCUT2D eigenvalue weighted by molar-refractivity contribution is 6.30. The van der Waals surface area contributed by atoms with Crippen molar-refractivity contribution in [3.8, 4) is 0 Å². The lowest BCUT2D eigenvalue weighted by molar-refractivity contribution is 0.663. The van der Waals surface area contributed by atoms with Gasteiger partial charge in [0.25, 0.3) is 0 Å². The SMILES string of the molecule is Clc1ccc(Nc2ncc3c(n2)CCCC3)cc1. The molecule has 0 spiro atoms. The van der Waals surface area contributed by atoms with E-state index in [1.54, 1.807) is 0 Å². The molecule has 4 heteroatoms. The van der Waals surface area contributed by atoms with Gasteiger partial charge in [0.05, 0.1) is 0 Å². The van der Waals surface area contributed by atoms with E-state index in [0.717, 1.165) is 23.6 Å². The Morgan fingerprint density at radius 3 is 2.67 bits per heavy atom. The summed E-state index contributed by atoms with van der Waals surface area (Å²) in [4.78, 5) is 8.93. The summed E-state index contributed by atoms with van der Waals surface area (Å²) < 4.78 is 0. The number of nitrogens with one attached hydrogen (secondary N) is 1. The van der Waals surface area contributed by atoms with E-state index in [0.29, 0.717) is 5.95 Å². The van der Waals surface area contributed by atoms with Crippen molar-refractivity contribution in [1.82, 2.24) is 9.97 Å². The monoisotopic (exact) mass is 259 g/mol. The minimum absolute atomic E-state index is 0.665. The van der Waals surface area contributed by atoms with Gasteiger partial charge in [0.15, 0.2) is 0 Å². The Kier molecular flexibility index (Phi) is 3.15. The maximum absolute atomic E-state index is 5.85. The van der Waals surface area contributed by atoms with Gasteiger partial charge in [-0.05, 0) is 55.5 Å². The van der Waals surface area contributed by atoms with Gasteiger partial charge >= 0.3 is 0 Å². The number of halogens is 1. The van der Waals surface area contributed by atoms with Crippen LogP contribution < -0.4 is 5.32 Å². The number of benzene rings is 1. The molecule has 1 aliphatic rings. The molecule has 1 heterocycles. The quantitative estimate of drug-likeness (QED) is 0.893. The van der Waals surface area contributed by atoms with E-state index in [2.05, 4.69) is 15.3 Å². The Labute approximate surface area is 111 Å². The van der Waals surface area contributed by atoms with E-state index in [1.807, 2.05) is 30.5 Å². The fourth-order valence-electron chi connectivity index (χ4n) is 2.20. The Morgan fingerprint density at radius 1 is 1.06 bits per heavy atom. The first-order valence-corrected chi connectivity index (χ1v) is 6.56. The topological polar surface area (TPSA) is 37.8 Å². The molecule has 0 saturated carbocycles. The van der Waals surface area contributed by atoms with Crippen LogP contribution in [-0.4, -0.2) is 9.97 Å². The molecular weight excluding hydrogens is 246 g/mol. The van der Waals surface area contributed by atoms with Gasteiger partial charge in [-0.25, -0.2) is 9.97 Å². The van der Waals surface area contributed by atoms with Crippen LogP contribution in [0.3, 0.4) is 0 Å². The molecule has 0 saturated heterocycles. The fraction of sp³-hybridized carbons (Fsp3) is 0.286. The van der Waals surface area contributed by atoms with Crippen molar-refractivity contribution in [3.05, 3.63) is 46.7 Å². The molecule has 0 atom stereocenters. The van der Waals surface area contributed by atoms with Gasteiger partial charge in [0, 0.05) is 22.6 Å². The van der Waals surface area contributed by atoms with Crippen LogP contribution >= 0.6 is 11.6 Å². The first-order valence-electron chi connectivity index (χ1n) is 6.19. The van der Waals surface area contributed by atoms with Gasteiger partial charge in [-0.2, -0.15) is 0 Å². The van der Waals surface area contributed by atoms with Gasteiger partial charge in [-0.15, -0.1) is 0 Å². The smallest absolute Gasteiger partial charge is 0.227 e. The lowest BCUT2D eigenvalue weighted by atomic mass is 9.98. The van der Waals surface area contributed by atoms with Gasteiger partial charge in [-0.1, -0.05) is 11.6 Å². The van der Waals surface area contributed by atoms with Gasteiger partial charge < -0.3 is 5.32 Å². The Bertz CT molecular complexity index is 551. The van der Waals surface area contributed by atoms with Crippen molar-refractivity contribution < 1.29 is 0 Å². The molecule has 18 heavy (non-hydrogen) atoms. The number of anilines is 2. The Hall–Kier alpha value is -1.61. The number of hydrogen-bond acceptors (Lipinski definition) is 3. The first-order chi connectivity index (χ1) is 8.81. The summed E-state index contributed by atoms with van der Waals surface area (Å²) >= 11 is 5.85. The third-order valence-electron chi connectivity index (χ3n) is 3.16. The molecule has 2 aromatic rings. The molecule has 3 nitrogen and oxygen atoms in total. The third kappa shape index (κ3) is 2.46. The molecule has 3 rings (SSSR count). The van der Waals surface area contributed by atoms with Crippen LogP contribution in [0, 0.1) is 0 Å². The van der Waals surface area contributed by atoms with E-state index < -0.39 is 0 Å². The minimum Gasteiger partial charge on any atom is -0.324 e. The molecular formula is C14H14ClN3. The summed E-state index contributed by atoms with van der Waals surface area (Å²) in [6.45, 7) is 0. The number of aryl methyl sites for hydroxylation is 2. The second-order valence-corrected chi connectivity index (χ2v) is 4.94. The average molecular weight is 260 g/mol.